The first kappa shape index (κ1) is 23.2. The van der Waals surface area contributed by atoms with E-state index in [1.54, 1.807) is 19.2 Å². The summed E-state index contributed by atoms with van der Waals surface area (Å²) < 4.78 is 11.8. The van der Waals surface area contributed by atoms with Crippen molar-refractivity contribution in [2.75, 3.05) is 25.1 Å². The molecule has 1 saturated heterocycles. The van der Waals surface area contributed by atoms with Crippen molar-refractivity contribution in [3.05, 3.63) is 77.4 Å². The number of rotatable bonds is 4. The monoisotopic (exact) mass is 483 g/mol. The maximum atomic E-state index is 9.13. The van der Waals surface area contributed by atoms with E-state index in [-0.39, 0.29) is 12.2 Å². The first-order valence-corrected chi connectivity index (χ1v) is 12.0. The van der Waals surface area contributed by atoms with Crippen molar-refractivity contribution in [3.8, 4) is 34.1 Å². The van der Waals surface area contributed by atoms with Crippen molar-refractivity contribution < 1.29 is 9.47 Å². The van der Waals surface area contributed by atoms with Gasteiger partial charge in [0, 0.05) is 46.5 Å². The quantitative estimate of drug-likeness (QED) is 0.322. The third-order valence-electron chi connectivity index (χ3n) is 6.38. The lowest BCUT2D eigenvalue weighted by atomic mass is 9.97. The number of fused-ring (bicyclic) bond motifs is 1. The van der Waals surface area contributed by atoms with Crippen LogP contribution in [-0.2, 0) is 4.74 Å². The Hall–Kier alpha value is -3.59. The summed E-state index contributed by atoms with van der Waals surface area (Å²) >= 11 is 6.54. The van der Waals surface area contributed by atoms with Gasteiger partial charge in [-0.15, -0.1) is 0 Å². The molecule has 2 heterocycles. The molecule has 1 aliphatic heterocycles. The molecule has 1 fully saturated rings. The average molecular weight is 484 g/mol. The second kappa shape index (κ2) is 9.58. The van der Waals surface area contributed by atoms with Crippen LogP contribution in [0.25, 0.3) is 33.2 Å². The number of benzene rings is 3. The summed E-state index contributed by atoms with van der Waals surface area (Å²) in [4.78, 5) is 7.19. The largest absolute Gasteiger partial charge is 0.495 e. The normalized spacial score (nSPS) is 17.9. The molecule has 0 amide bonds. The van der Waals surface area contributed by atoms with Crippen molar-refractivity contribution >= 4 is 28.2 Å². The van der Waals surface area contributed by atoms with E-state index in [9.17, 15) is 0 Å². The number of hydrogen-bond donors (Lipinski definition) is 0. The van der Waals surface area contributed by atoms with Gasteiger partial charge in [-0.3, -0.25) is 4.98 Å². The van der Waals surface area contributed by atoms with Gasteiger partial charge in [-0.2, -0.15) is 5.26 Å². The summed E-state index contributed by atoms with van der Waals surface area (Å²) in [6.07, 6.45) is 2.27. The van der Waals surface area contributed by atoms with E-state index in [0.717, 1.165) is 52.0 Å². The fourth-order valence-corrected chi connectivity index (χ4v) is 5.07. The van der Waals surface area contributed by atoms with E-state index in [4.69, 9.17) is 31.3 Å². The van der Waals surface area contributed by atoms with Crippen molar-refractivity contribution in [2.24, 2.45) is 0 Å². The van der Waals surface area contributed by atoms with E-state index in [1.807, 2.05) is 30.5 Å². The zero-order chi connectivity index (χ0) is 24.5. The molecule has 0 aliphatic carbocycles. The zero-order valence-electron chi connectivity index (χ0n) is 20.0. The van der Waals surface area contributed by atoms with Crippen molar-refractivity contribution in [1.82, 2.24) is 4.98 Å². The van der Waals surface area contributed by atoms with E-state index in [0.29, 0.717) is 10.6 Å². The Morgan fingerprint density at radius 2 is 1.60 bits per heavy atom. The van der Waals surface area contributed by atoms with Gasteiger partial charge in [-0.05, 0) is 61.4 Å². The van der Waals surface area contributed by atoms with Crippen LogP contribution in [0.5, 0.6) is 5.75 Å². The number of nitrogens with zero attached hydrogens (tertiary/aromatic N) is 3. The van der Waals surface area contributed by atoms with Gasteiger partial charge in [-0.25, -0.2) is 0 Å². The summed E-state index contributed by atoms with van der Waals surface area (Å²) in [7, 11) is 1.67. The molecule has 3 aromatic carbocycles. The van der Waals surface area contributed by atoms with Crippen LogP contribution >= 0.6 is 11.6 Å². The van der Waals surface area contributed by atoms with Crippen molar-refractivity contribution in [3.63, 3.8) is 0 Å². The lowest BCUT2D eigenvalue weighted by Gasteiger charge is -2.36. The molecule has 5 nitrogen and oxygen atoms in total. The summed E-state index contributed by atoms with van der Waals surface area (Å²) in [6, 6.07) is 21.9. The molecule has 35 heavy (non-hydrogen) atoms. The Bertz CT molecular complexity index is 1400. The Kier molecular flexibility index (Phi) is 6.34. The smallest absolute Gasteiger partial charge is 0.137 e. The SMILES string of the molecule is COc1c(-c2ccc(N3C[C@@H](C)O[C@@H](C)C3)cc2)cnc2c(-c3ccc(C#N)cc3)cc(Cl)cc12. The third-order valence-corrected chi connectivity index (χ3v) is 6.60. The van der Waals surface area contributed by atoms with Crippen LogP contribution in [0.15, 0.2) is 66.9 Å². The maximum Gasteiger partial charge on any atom is 0.137 e. The van der Waals surface area contributed by atoms with Gasteiger partial charge < -0.3 is 14.4 Å². The van der Waals surface area contributed by atoms with E-state index >= 15 is 0 Å². The zero-order valence-corrected chi connectivity index (χ0v) is 20.7. The van der Waals surface area contributed by atoms with Crippen LogP contribution in [0, 0.1) is 11.3 Å². The molecule has 0 radical (unpaired) electrons. The molecule has 1 aromatic heterocycles. The predicted octanol–water partition coefficient (Wildman–Crippen LogP) is 6.72. The van der Waals surface area contributed by atoms with Gasteiger partial charge >= 0.3 is 0 Å². The van der Waals surface area contributed by atoms with Crippen LogP contribution in [-0.4, -0.2) is 37.4 Å². The van der Waals surface area contributed by atoms with Gasteiger partial charge in [-0.1, -0.05) is 35.9 Å². The number of pyridine rings is 1. The fraction of sp³-hybridized carbons (Fsp3) is 0.241. The van der Waals surface area contributed by atoms with Gasteiger partial charge in [0.05, 0.1) is 36.5 Å². The lowest BCUT2D eigenvalue weighted by Crippen LogP contribution is -2.45. The molecule has 176 valence electrons. The van der Waals surface area contributed by atoms with Gasteiger partial charge in [0.1, 0.15) is 5.75 Å². The minimum atomic E-state index is 0.207. The molecular weight excluding hydrogens is 458 g/mol. The van der Waals surface area contributed by atoms with Gasteiger partial charge in [0.2, 0.25) is 0 Å². The third kappa shape index (κ3) is 4.55. The molecule has 0 bridgehead atoms. The molecule has 0 unspecified atom stereocenters. The number of ether oxygens (including phenoxy) is 2. The highest BCUT2D eigenvalue weighted by molar-refractivity contribution is 6.32. The highest BCUT2D eigenvalue weighted by Crippen LogP contribution is 2.41. The molecule has 1 aliphatic rings. The Balaban J connectivity index is 1.56. The van der Waals surface area contributed by atoms with Crippen LogP contribution in [0.3, 0.4) is 0 Å². The molecule has 4 aromatic rings. The predicted molar refractivity (Wildman–Crippen MR) is 141 cm³/mol. The average Bonchev–Trinajstić information content (AvgIpc) is 2.87. The number of halogens is 1. The fourth-order valence-electron chi connectivity index (χ4n) is 4.85. The molecule has 5 rings (SSSR count). The molecule has 0 saturated carbocycles. The molecule has 6 heteroatoms. The molecule has 2 atom stereocenters. The maximum absolute atomic E-state index is 9.13. The van der Waals surface area contributed by atoms with Crippen molar-refractivity contribution in [1.29, 1.82) is 5.26 Å². The van der Waals surface area contributed by atoms with Crippen LogP contribution in [0.4, 0.5) is 5.69 Å². The lowest BCUT2D eigenvalue weighted by molar-refractivity contribution is -0.00521. The molecular formula is C29H26ClN3O2. The van der Waals surface area contributed by atoms with E-state index in [1.165, 1.54) is 5.69 Å². The first-order chi connectivity index (χ1) is 17.0. The summed E-state index contributed by atoms with van der Waals surface area (Å²) in [6.45, 7) is 5.97. The van der Waals surface area contributed by atoms with Crippen LogP contribution in [0.1, 0.15) is 19.4 Å². The molecule has 0 N–H and O–H groups in total. The Morgan fingerprint density at radius 3 is 2.23 bits per heavy atom. The Morgan fingerprint density at radius 1 is 0.971 bits per heavy atom. The second-order valence-corrected chi connectivity index (χ2v) is 9.39. The van der Waals surface area contributed by atoms with E-state index < -0.39 is 0 Å². The minimum Gasteiger partial charge on any atom is -0.495 e. The highest BCUT2D eigenvalue weighted by atomic mass is 35.5. The summed E-state index contributed by atoms with van der Waals surface area (Å²) in [5.74, 6) is 0.730. The standard InChI is InChI=1S/C29H26ClN3O2/c1-18-16-33(17-19(2)35-18)24-10-8-22(9-11-24)27-15-32-28-25(21-6-4-20(14-31)5-7-21)12-23(30)13-26(28)29(27)34-3/h4-13,15,18-19H,16-17H2,1-3H3/t18-,19+. The summed E-state index contributed by atoms with van der Waals surface area (Å²) in [5.41, 5.74) is 6.35. The number of morpholine rings is 1. The van der Waals surface area contributed by atoms with Crippen LogP contribution < -0.4 is 9.64 Å². The number of anilines is 1. The van der Waals surface area contributed by atoms with Crippen LogP contribution in [0.2, 0.25) is 5.02 Å². The van der Waals surface area contributed by atoms with Gasteiger partial charge in [0.25, 0.3) is 0 Å². The number of nitriles is 1. The highest BCUT2D eigenvalue weighted by Gasteiger charge is 2.22. The first-order valence-electron chi connectivity index (χ1n) is 11.6. The van der Waals surface area contributed by atoms with E-state index in [2.05, 4.69) is 49.1 Å². The summed E-state index contributed by atoms with van der Waals surface area (Å²) in [5, 5.41) is 10.6. The second-order valence-electron chi connectivity index (χ2n) is 8.95. The van der Waals surface area contributed by atoms with Gasteiger partial charge in [0.15, 0.2) is 0 Å². The number of methoxy groups -OCH3 is 1. The number of hydrogen-bond acceptors (Lipinski definition) is 5. The number of aromatic nitrogens is 1. The minimum absolute atomic E-state index is 0.207. The molecule has 0 spiro atoms. The van der Waals surface area contributed by atoms with Crippen molar-refractivity contribution in [2.45, 2.75) is 26.1 Å². The topological polar surface area (TPSA) is 58.4 Å². The Labute approximate surface area is 210 Å².